The van der Waals surface area contributed by atoms with Crippen molar-refractivity contribution in [2.75, 3.05) is 14.1 Å². The lowest BCUT2D eigenvalue weighted by molar-refractivity contribution is -0.140. The molecule has 12 heteroatoms. The van der Waals surface area contributed by atoms with Crippen LogP contribution in [-0.2, 0) is 30.0 Å². The van der Waals surface area contributed by atoms with Crippen molar-refractivity contribution in [3.8, 4) is 6.07 Å². The molecule has 0 saturated heterocycles. The molecule has 6 aliphatic rings. The van der Waals surface area contributed by atoms with Gasteiger partial charge in [0.2, 0.25) is 0 Å². The number of aromatic nitrogens is 2. The highest BCUT2D eigenvalue weighted by atomic mass is 32.1. The molecule has 0 aromatic carbocycles. The number of carbonyl (C=O) groups excluding carboxylic acids is 4. The molecule has 2 saturated carbocycles. The first-order valence-electron chi connectivity index (χ1n) is 17.1. The Morgan fingerprint density at radius 1 is 0.720 bits per heavy atom. The predicted molar refractivity (Wildman–Crippen MR) is 190 cm³/mol. The minimum absolute atomic E-state index is 0.0291. The molecule has 2 aromatic heterocycles. The van der Waals surface area contributed by atoms with Crippen molar-refractivity contribution in [2.45, 2.75) is 88.9 Å². The van der Waals surface area contributed by atoms with Crippen LogP contribution < -0.4 is 0 Å². The minimum atomic E-state index is -0.588. The van der Waals surface area contributed by atoms with Crippen molar-refractivity contribution in [1.29, 1.82) is 5.26 Å². The molecule has 252 valence electrons. The van der Waals surface area contributed by atoms with E-state index in [0.29, 0.717) is 32.3 Å². The van der Waals surface area contributed by atoms with E-state index >= 15 is 0 Å². The van der Waals surface area contributed by atoms with Gasteiger partial charge in [0.25, 0.3) is 29.3 Å². The van der Waals surface area contributed by atoms with E-state index in [2.05, 4.69) is 4.85 Å². The molecule has 4 aliphatic carbocycles. The van der Waals surface area contributed by atoms with Crippen LogP contribution in [0.2, 0.25) is 0 Å². The van der Waals surface area contributed by atoms with E-state index in [-0.39, 0.29) is 22.1 Å². The molecular formula is C38H34N6O4S2. The summed E-state index contributed by atoms with van der Waals surface area (Å²) >= 11 is 3.19. The number of hydrogen-bond donors (Lipinski definition) is 0. The number of amides is 4. The molecular weight excluding hydrogens is 669 g/mol. The first-order valence-corrected chi connectivity index (χ1v) is 18.7. The van der Waals surface area contributed by atoms with Crippen molar-refractivity contribution in [2.24, 2.45) is 0 Å². The number of allylic oxidation sites excluding steroid dienone is 2. The second kappa shape index (κ2) is 11.4. The topological polar surface area (TPSA) is 129 Å². The molecule has 0 atom stereocenters. The Hall–Kier alpha value is -4.78. The quantitative estimate of drug-likeness (QED) is 0.193. The lowest BCUT2D eigenvalue weighted by Crippen LogP contribution is -2.39. The fourth-order valence-corrected chi connectivity index (χ4v) is 11.6. The summed E-state index contributed by atoms with van der Waals surface area (Å²) in [6, 6.07) is 1.99. The van der Waals surface area contributed by atoms with Crippen LogP contribution >= 0.6 is 22.7 Å². The summed E-state index contributed by atoms with van der Waals surface area (Å²) < 4.78 is 0. The molecule has 0 bridgehead atoms. The van der Waals surface area contributed by atoms with E-state index in [1.54, 1.807) is 48.7 Å². The van der Waals surface area contributed by atoms with Gasteiger partial charge in [-0.2, -0.15) is 5.26 Å². The maximum Gasteiger partial charge on any atom is 0.271 e. The zero-order valence-electron chi connectivity index (χ0n) is 28.4. The number of likely N-dealkylation sites (N-methyl/N-ethyl adjacent to an activating group) is 2. The second-order valence-corrected chi connectivity index (χ2v) is 16.2. The number of thiazole rings is 2. The number of fused-ring (bicyclic) bond motifs is 8. The average Bonchev–Trinajstić information content (AvgIpc) is 3.85. The molecule has 4 heterocycles. The second-order valence-electron chi connectivity index (χ2n) is 14.1. The van der Waals surface area contributed by atoms with Crippen LogP contribution in [0.1, 0.15) is 109 Å². The standard InChI is InChI=1S/C38H34N6O4S2/c1-19-21(33(45)43(4)35(47)23(19)18-39)16-24-41-31-29(49-24)26-27(37(31)12-8-6-9-13-37)30-32(38(26)14-10-7-11-15-38)42-25(50-30)17-22-20(2)28(40-3)36(48)44(5)34(22)46/h16-17H,6-15H2,1-2,4-5H3/b21-16+,22-17+. The Bertz CT molecular complexity index is 2080. The van der Waals surface area contributed by atoms with E-state index in [4.69, 9.17) is 16.5 Å². The van der Waals surface area contributed by atoms with Crippen LogP contribution in [0, 0.1) is 17.9 Å². The van der Waals surface area contributed by atoms with E-state index in [1.165, 1.54) is 35.0 Å². The summed E-state index contributed by atoms with van der Waals surface area (Å²) in [5, 5.41) is 11.1. The number of nitriles is 1. The van der Waals surface area contributed by atoms with Crippen LogP contribution in [0.3, 0.4) is 0 Å². The van der Waals surface area contributed by atoms with Crippen molar-refractivity contribution < 1.29 is 19.2 Å². The highest BCUT2D eigenvalue weighted by Gasteiger charge is 2.60. The zero-order chi connectivity index (χ0) is 35.3. The number of hydrogen-bond acceptors (Lipinski definition) is 9. The number of carbonyl (C=O) groups is 4. The first kappa shape index (κ1) is 32.4. The Morgan fingerprint density at radius 2 is 1.16 bits per heavy atom. The Balaban J connectivity index is 1.32. The van der Waals surface area contributed by atoms with Gasteiger partial charge >= 0.3 is 0 Å². The maximum atomic E-state index is 13.3. The third-order valence-electron chi connectivity index (χ3n) is 11.7. The van der Waals surface area contributed by atoms with E-state index in [0.717, 1.165) is 85.4 Å². The highest BCUT2D eigenvalue weighted by molar-refractivity contribution is 7.15. The van der Waals surface area contributed by atoms with Crippen molar-refractivity contribution >= 4 is 69.6 Å². The summed E-state index contributed by atoms with van der Waals surface area (Å²) in [7, 11) is 2.82. The van der Waals surface area contributed by atoms with Crippen LogP contribution in [0.25, 0.3) is 28.1 Å². The van der Waals surface area contributed by atoms with Gasteiger partial charge in [-0.3, -0.25) is 29.0 Å². The predicted octanol–water partition coefficient (Wildman–Crippen LogP) is 6.74. The van der Waals surface area contributed by atoms with Gasteiger partial charge in [0.05, 0.1) is 27.7 Å². The van der Waals surface area contributed by atoms with Gasteiger partial charge in [-0.1, -0.05) is 38.5 Å². The molecule has 2 aliphatic heterocycles. The van der Waals surface area contributed by atoms with Crippen LogP contribution in [0.4, 0.5) is 0 Å². The fourth-order valence-electron chi connectivity index (χ4n) is 9.07. The molecule has 0 radical (unpaired) electrons. The van der Waals surface area contributed by atoms with Crippen molar-refractivity contribution in [1.82, 2.24) is 19.8 Å². The lowest BCUT2D eigenvalue weighted by Gasteiger charge is -2.35. The van der Waals surface area contributed by atoms with Crippen LogP contribution in [-0.4, -0.2) is 57.5 Å². The summed E-state index contributed by atoms with van der Waals surface area (Å²) in [5.41, 5.74) is 5.54. The average molecular weight is 703 g/mol. The molecule has 10 nitrogen and oxygen atoms in total. The molecule has 0 unspecified atom stereocenters. The lowest BCUT2D eigenvalue weighted by atomic mass is 9.68. The van der Waals surface area contributed by atoms with Gasteiger partial charge < -0.3 is 0 Å². The Kier molecular flexibility index (Phi) is 7.38. The molecule has 2 spiro atoms. The summed E-state index contributed by atoms with van der Waals surface area (Å²) in [5.74, 6) is -2.04. The number of nitrogens with zero attached hydrogens (tertiary/aromatic N) is 6. The normalized spacial score (nSPS) is 24.2. The van der Waals surface area contributed by atoms with Crippen molar-refractivity contribution in [3.63, 3.8) is 0 Å². The maximum absolute atomic E-state index is 13.3. The van der Waals surface area contributed by atoms with Gasteiger partial charge in [-0.25, -0.2) is 14.8 Å². The smallest absolute Gasteiger partial charge is 0.271 e. The van der Waals surface area contributed by atoms with Crippen LogP contribution in [0.5, 0.6) is 0 Å². The summed E-state index contributed by atoms with van der Waals surface area (Å²) in [4.78, 5) is 70.3. The van der Waals surface area contributed by atoms with Gasteiger partial charge in [0.15, 0.2) is 0 Å². The van der Waals surface area contributed by atoms with Crippen molar-refractivity contribution in [3.05, 3.63) is 76.1 Å². The molecule has 4 amide bonds. The van der Waals surface area contributed by atoms with Gasteiger partial charge in [0, 0.05) is 36.1 Å². The number of imide groups is 2. The van der Waals surface area contributed by atoms with E-state index in [9.17, 15) is 24.4 Å². The monoisotopic (exact) mass is 702 g/mol. The zero-order valence-corrected chi connectivity index (χ0v) is 30.0. The summed E-state index contributed by atoms with van der Waals surface area (Å²) in [6.45, 7) is 10.9. The molecule has 2 fully saturated rings. The largest absolute Gasteiger partial charge is 0.287 e. The Labute approximate surface area is 298 Å². The summed E-state index contributed by atoms with van der Waals surface area (Å²) in [6.07, 6.45) is 13.9. The molecule has 2 aromatic rings. The SMILES string of the molecule is [C-]#[N+]C1=C(C)/C(=C\c2nc3c(s2)C2=C(c4sc(/C=C5/C(=O)N(C)C(=O)C(C#N)=C5C)nc4C24CCCCC4)C32CCCCC2)C(=O)N(C)C1=O. The van der Waals surface area contributed by atoms with Gasteiger partial charge in [-0.05, 0) is 74.0 Å². The minimum Gasteiger partial charge on any atom is -0.287 e. The third kappa shape index (κ3) is 4.21. The molecule has 8 rings (SSSR count). The Morgan fingerprint density at radius 3 is 1.60 bits per heavy atom. The van der Waals surface area contributed by atoms with Gasteiger partial charge in [-0.15, -0.1) is 22.7 Å². The van der Waals surface area contributed by atoms with Gasteiger partial charge in [0.1, 0.15) is 21.7 Å². The fraction of sp³-hybridized carbons (Fsp3) is 0.421. The third-order valence-corrected chi connectivity index (χ3v) is 13.7. The van der Waals surface area contributed by atoms with E-state index < -0.39 is 23.6 Å². The molecule has 0 N–H and O–H groups in total. The molecule has 50 heavy (non-hydrogen) atoms. The van der Waals surface area contributed by atoms with E-state index in [1.807, 2.05) is 6.07 Å². The first-order chi connectivity index (χ1) is 24.0. The van der Waals surface area contributed by atoms with Crippen LogP contribution in [0.15, 0.2) is 33.6 Å². The highest BCUT2D eigenvalue weighted by Crippen LogP contribution is 2.70. The number of rotatable bonds is 2.